The van der Waals surface area contributed by atoms with Crippen LogP contribution < -0.4 is 0 Å². The molecule has 1 heterocycles. The van der Waals surface area contributed by atoms with Crippen molar-refractivity contribution in [1.29, 1.82) is 0 Å². The van der Waals surface area contributed by atoms with Gasteiger partial charge in [-0.15, -0.1) is 0 Å². The maximum absolute atomic E-state index is 13.1. The highest BCUT2D eigenvalue weighted by atomic mass is 32.2. The van der Waals surface area contributed by atoms with Crippen molar-refractivity contribution in [1.82, 2.24) is 4.90 Å². The molecule has 1 fully saturated rings. The van der Waals surface area contributed by atoms with Crippen LogP contribution in [0.3, 0.4) is 0 Å². The summed E-state index contributed by atoms with van der Waals surface area (Å²) in [5.41, 5.74) is 0.304. The van der Waals surface area contributed by atoms with Crippen LogP contribution in [0.5, 0.6) is 0 Å². The second-order valence-electron chi connectivity index (χ2n) is 4.83. The van der Waals surface area contributed by atoms with Gasteiger partial charge < -0.3 is 4.90 Å². The van der Waals surface area contributed by atoms with Crippen molar-refractivity contribution in [3.05, 3.63) is 35.6 Å². The fourth-order valence-corrected chi connectivity index (χ4v) is 3.36. The van der Waals surface area contributed by atoms with Crippen LogP contribution in [0.15, 0.2) is 24.3 Å². The first-order chi connectivity index (χ1) is 8.88. The third kappa shape index (κ3) is 3.32. The Morgan fingerprint density at radius 3 is 2.47 bits per heavy atom. The molecule has 1 aromatic rings. The SMILES string of the molecule is CS(=O)(=O)C1CCN(C(=O)c2cccc(F)c2)CC1. The van der Waals surface area contributed by atoms with Gasteiger partial charge in [0.25, 0.3) is 5.91 Å². The fraction of sp³-hybridized carbons (Fsp3) is 0.462. The van der Waals surface area contributed by atoms with Gasteiger partial charge in [-0.25, -0.2) is 12.8 Å². The molecule has 0 N–H and O–H groups in total. The van der Waals surface area contributed by atoms with Gasteiger partial charge in [-0.1, -0.05) is 6.07 Å². The Labute approximate surface area is 112 Å². The lowest BCUT2D eigenvalue weighted by Gasteiger charge is -2.31. The minimum Gasteiger partial charge on any atom is -0.339 e. The first-order valence-corrected chi connectivity index (χ1v) is 8.07. The van der Waals surface area contributed by atoms with Crippen molar-refractivity contribution >= 4 is 15.7 Å². The third-order valence-corrected chi connectivity index (χ3v) is 5.09. The molecule has 0 atom stereocenters. The second kappa shape index (κ2) is 5.28. The summed E-state index contributed by atoms with van der Waals surface area (Å²) in [4.78, 5) is 13.7. The van der Waals surface area contributed by atoms with Gasteiger partial charge in [-0.3, -0.25) is 4.79 Å². The zero-order valence-corrected chi connectivity index (χ0v) is 11.5. The van der Waals surface area contributed by atoms with E-state index < -0.39 is 15.7 Å². The van der Waals surface area contributed by atoms with E-state index in [9.17, 15) is 17.6 Å². The normalized spacial score (nSPS) is 17.5. The van der Waals surface area contributed by atoms with Crippen LogP contribution in [0, 0.1) is 5.82 Å². The first kappa shape index (κ1) is 14.0. The van der Waals surface area contributed by atoms with Crippen molar-refractivity contribution < 1.29 is 17.6 Å². The molecular weight excluding hydrogens is 269 g/mol. The lowest BCUT2D eigenvalue weighted by atomic mass is 10.1. The molecule has 1 aromatic carbocycles. The summed E-state index contributed by atoms with van der Waals surface area (Å²) in [6.45, 7) is 0.792. The smallest absolute Gasteiger partial charge is 0.253 e. The van der Waals surface area contributed by atoms with Gasteiger partial charge in [-0.05, 0) is 31.0 Å². The number of hydrogen-bond donors (Lipinski definition) is 0. The molecule has 0 saturated carbocycles. The molecule has 1 saturated heterocycles. The molecule has 104 valence electrons. The van der Waals surface area contributed by atoms with Crippen LogP contribution in [-0.2, 0) is 9.84 Å². The van der Waals surface area contributed by atoms with Crippen LogP contribution in [0.4, 0.5) is 4.39 Å². The molecule has 1 aliphatic heterocycles. The highest BCUT2D eigenvalue weighted by Crippen LogP contribution is 2.19. The summed E-state index contributed by atoms with van der Waals surface area (Å²) in [5, 5.41) is -0.371. The summed E-state index contributed by atoms with van der Waals surface area (Å²) in [6.07, 6.45) is 2.11. The molecule has 1 aliphatic rings. The Kier molecular flexibility index (Phi) is 3.89. The second-order valence-corrected chi connectivity index (χ2v) is 7.16. The molecule has 0 spiro atoms. The molecule has 0 aliphatic carbocycles. The van der Waals surface area contributed by atoms with E-state index in [1.165, 1.54) is 24.5 Å². The average Bonchev–Trinajstić information content (AvgIpc) is 2.37. The largest absolute Gasteiger partial charge is 0.339 e. The predicted octanol–water partition coefficient (Wildman–Crippen LogP) is 1.47. The summed E-state index contributed by atoms with van der Waals surface area (Å²) >= 11 is 0. The summed E-state index contributed by atoms with van der Waals surface area (Å²) in [5.74, 6) is -0.691. The van der Waals surface area contributed by atoms with Crippen LogP contribution in [-0.4, -0.2) is 43.8 Å². The van der Waals surface area contributed by atoms with Crippen molar-refractivity contribution in [2.45, 2.75) is 18.1 Å². The lowest BCUT2D eigenvalue weighted by molar-refractivity contribution is 0.0725. The molecule has 6 heteroatoms. The van der Waals surface area contributed by atoms with Gasteiger partial charge in [0.1, 0.15) is 15.7 Å². The van der Waals surface area contributed by atoms with Gasteiger partial charge in [0.05, 0.1) is 5.25 Å². The molecule has 2 rings (SSSR count). The molecule has 0 bridgehead atoms. The molecule has 0 unspecified atom stereocenters. The van der Waals surface area contributed by atoms with Gasteiger partial charge >= 0.3 is 0 Å². The van der Waals surface area contributed by atoms with E-state index in [-0.39, 0.29) is 11.2 Å². The molecular formula is C13H16FNO3S. The van der Waals surface area contributed by atoms with Gasteiger partial charge in [-0.2, -0.15) is 0 Å². The van der Waals surface area contributed by atoms with Crippen LogP contribution in [0.25, 0.3) is 0 Å². The maximum atomic E-state index is 13.1. The van der Waals surface area contributed by atoms with Crippen molar-refractivity contribution in [2.75, 3.05) is 19.3 Å². The Morgan fingerprint density at radius 2 is 1.95 bits per heavy atom. The summed E-state index contributed by atoms with van der Waals surface area (Å²) in [7, 11) is -3.04. The Morgan fingerprint density at radius 1 is 1.32 bits per heavy atom. The number of hydrogen-bond acceptors (Lipinski definition) is 3. The van der Waals surface area contributed by atoms with E-state index in [1.54, 1.807) is 11.0 Å². The van der Waals surface area contributed by atoms with Crippen molar-refractivity contribution in [2.24, 2.45) is 0 Å². The van der Waals surface area contributed by atoms with Crippen LogP contribution in [0.2, 0.25) is 0 Å². The number of nitrogens with zero attached hydrogens (tertiary/aromatic N) is 1. The Balaban J connectivity index is 2.04. The Hall–Kier alpha value is -1.43. The minimum absolute atomic E-state index is 0.244. The number of piperidine rings is 1. The standard InChI is InChI=1S/C13H16FNO3S/c1-19(17,18)12-5-7-15(8-6-12)13(16)10-3-2-4-11(14)9-10/h2-4,9,12H,5-8H2,1H3. The predicted molar refractivity (Wildman–Crippen MR) is 70.2 cm³/mol. The zero-order chi connectivity index (χ0) is 14.0. The average molecular weight is 285 g/mol. The molecule has 19 heavy (non-hydrogen) atoms. The van der Waals surface area contributed by atoms with E-state index in [4.69, 9.17) is 0 Å². The minimum atomic E-state index is -3.04. The van der Waals surface area contributed by atoms with Crippen molar-refractivity contribution in [3.8, 4) is 0 Å². The van der Waals surface area contributed by atoms with Crippen molar-refractivity contribution in [3.63, 3.8) is 0 Å². The van der Waals surface area contributed by atoms with Crippen LogP contribution in [0.1, 0.15) is 23.2 Å². The van der Waals surface area contributed by atoms with Crippen LogP contribution >= 0.6 is 0 Å². The zero-order valence-electron chi connectivity index (χ0n) is 10.7. The fourth-order valence-electron chi connectivity index (χ4n) is 2.29. The van der Waals surface area contributed by atoms with Gasteiger partial charge in [0.2, 0.25) is 0 Å². The number of likely N-dealkylation sites (tertiary alicyclic amines) is 1. The monoisotopic (exact) mass is 285 g/mol. The van der Waals surface area contributed by atoms with E-state index in [2.05, 4.69) is 0 Å². The van der Waals surface area contributed by atoms with Gasteiger partial charge in [0, 0.05) is 24.9 Å². The number of rotatable bonds is 2. The highest BCUT2D eigenvalue weighted by Gasteiger charge is 2.29. The topological polar surface area (TPSA) is 54.5 Å². The quantitative estimate of drug-likeness (QED) is 0.827. The number of benzene rings is 1. The first-order valence-electron chi connectivity index (χ1n) is 6.11. The molecule has 0 radical (unpaired) electrons. The number of sulfone groups is 1. The number of halogens is 1. The molecule has 0 aromatic heterocycles. The number of amides is 1. The Bertz CT molecular complexity index is 577. The highest BCUT2D eigenvalue weighted by molar-refractivity contribution is 7.91. The lowest BCUT2D eigenvalue weighted by Crippen LogP contribution is -2.42. The third-order valence-electron chi connectivity index (χ3n) is 3.41. The molecule has 4 nitrogen and oxygen atoms in total. The number of carbonyl (C=O) groups is 1. The van der Waals surface area contributed by atoms with Gasteiger partial charge in [0.15, 0.2) is 0 Å². The van der Waals surface area contributed by atoms with E-state index >= 15 is 0 Å². The summed E-state index contributed by atoms with van der Waals surface area (Å²) in [6, 6.07) is 5.54. The van der Waals surface area contributed by atoms with E-state index in [0.29, 0.717) is 31.5 Å². The van der Waals surface area contributed by atoms with E-state index in [0.717, 1.165) is 0 Å². The van der Waals surface area contributed by atoms with E-state index in [1.807, 2.05) is 0 Å². The number of carbonyl (C=O) groups excluding carboxylic acids is 1. The molecule has 1 amide bonds. The summed E-state index contributed by atoms with van der Waals surface area (Å²) < 4.78 is 35.9. The maximum Gasteiger partial charge on any atom is 0.253 e.